The lowest BCUT2D eigenvalue weighted by Crippen LogP contribution is -2.24. The predicted octanol–water partition coefficient (Wildman–Crippen LogP) is 5.30. The summed E-state index contributed by atoms with van der Waals surface area (Å²) in [5, 5.41) is 13.8. The van der Waals surface area contributed by atoms with Crippen molar-refractivity contribution in [3.8, 4) is 5.75 Å². The summed E-state index contributed by atoms with van der Waals surface area (Å²) in [6.45, 7) is 2.03. The van der Waals surface area contributed by atoms with Crippen molar-refractivity contribution in [2.45, 2.75) is 44.8 Å². The van der Waals surface area contributed by atoms with Crippen molar-refractivity contribution in [1.82, 2.24) is 9.78 Å². The van der Waals surface area contributed by atoms with Crippen molar-refractivity contribution in [3.05, 3.63) is 130 Å². The van der Waals surface area contributed by atoms with Crippen molar-refractivity contribution in [1.29, 1.82) is 0 Å². The first-order valence-corrected chi connectivity index (χ1v) is 12.2. The number of rotatable bonds is 11. The highest BCUT2D eigenvalue weighted by molar-refractivity contribution is 5.72. The lowest BCUT2D eigenvalue weighted by Gasteiger charge is -2.18. The molecule has 0 saturated heterocycles. The molecule has 4 rings (SSSR count). The maximum absolute atomic E-state index is 12.6. The van der Waals surface area contributed by atoms with Crippen LogP contribution in [0.1, 0.15) is 48.1 Å². The number of hydrogen-bond donors (Lipinski definition) is 1. The molecule has 1 aromatic heterocycles. The van der Waals surface area contributed by atoms with Gasteiger partial charge in [-0.1, -0.05) is 72.8 Å². The Balaban J connectivity index is 1.44. The first-order valence-electron chi connectivity index (χ1n) is 12.2. The fraction of sp³-hybridized carbons (Fsp3) is 0.233. The minimum atomic E-state index is -0.998. The quantitative estimate of drug-likeness (QED) is 0.294. The zero-order valence-corrected chi connectivity index (χ0v) is 20.3. The molecule has 0 radical (unpaired) electrons. The Labute approximate surface area is 210 Å². The van der Waals surface area contributed by atoms with Gasteiger partial charge >= 0.3 is 5.97 Å². The minimum Gasteiger partial charge on any atom is -0.479 e. The van der Waals surface area contributed by atoms with E-state index in [4.69, 9.17) is 14.9 Å². The Morgan fingerprint density at radius 2 is 1.56 bits per heavy atom. The lowest BCUT2D eigenvalue weighted by atomic mass is 9.88. The second kappa shape index (κ2) is 12.0. The van der Waals surface area contributed by atoms with Crippen LogP contribution >= 0.6 is 0 Å². The molecule has 0 saturated carbocycles. The van der Waals surface area contributed by atoms with Crippen molar-refractivity contribution in [3.63, 3.8) is 0 Å². The topological polar surface area (TPSA) is 81.4 Å². The Morgan fingerprint density at radius 1 is 0.889 bits per heavy atom. The van der Waals surface area contributed by atoms with Crippen LogP contribution in [0.3, 0.4) is 0 Å². The van der Waals surface area contributed by atoms with Crippen molar-refractivity contribution in [2.75, 3.05) is 0 Å². The summed E-state index contributed by atoms with van der Waals surface area (Å²) >= 11 is 0. The van der Waals surface area contributed by atoms with E-state index < -0.39 is 12.1 Å². The molecule has 0 fully saturated rings. The highest BCUT2D eigenvalue weighted by Gasteiger charge is 2.19. The normalized spacial score (nSPS) is 11.8. The van der Waals surface area contributed by atoms with Gasteiger partial charge in [-0.05, 0) is 61.1 Å². The van der Waals surface area contributed by atoms with Crippen LogP contribution in [0.25, 0.3) is 0 Å². The smallest absolute Gasteiger partial charge is 0.344 e. The van der Waals surface area contributed by atoms with E-state index in [1.165, 1.54) is 6.92 Å². The molecule has 6 nitrogen and oxygen atoms in total. The average Bonchev–Trinajstić information content (AvgIpc) is 2.90. The minimum absolute atomic E-state index is 0.0600. The molecular formula is C30H30N2O4. The summed E-state index contributed by atoms with van der Waals surface area (Å²) in [6, 6.07) is 31.3. The van der Waals surface area contributed by atoms with Gasteiger partial charge in [0, 0.05) is 12.6 Å². The Morgan fingerprint density at radius 3 is 2.19 bits per heavy atom. The number of hydrogen-bond acceptors (Lipinski definition) is 4. The van der Waals surface area contributed by atoms with Crippen molar-refractivity contribution < 1.29 is 14.6 Å². The molecule has 3 aromatic carbocycles. The molecule has 0 aliphatic carbocycles. The van der Waals surface area contributed by atoms with Crippen LogP contribution in [0.5, 0.6) is 5.75 Å². The van der Waals surface area contributed by atoms with Crippen molar-refractivity contribution in [2.24, 2.45) is 0 Å². The van der Waals surface area contributed by atoms with Gasteiger partial charge in [-0.25, -0.2) is 9.48 Å². The Bertz CT molecular complexity index is 1300. The molecule has 36 heavy (non-hydrogen) atoms. The second-order valence-electron chi connectivity index (χ2n) is 8.78. The third-order valence-electron chi connectivity index (χ3n) is 6.09. The molecule has 0 spiro atoms. The highest BCUT2D eigenvalue weighted by atomic mass is 16.5. The van der Waals surface area contributed by atoms with Gasteiger partial charge in [0.05, 0.1) is 11.6 Å². The molecule has 1 heterocycles. The lowest BCUT2D eigenvalue weighted by molar-refractivity contribution is -0.144. The molecule has 1 N–H and O–H groups in total. The van der Waals surface area contributed by atoms with Crippen LogP contribution in [-0.2, 0) is 17.8 Å². The largest absolute Gasteiger partial charge is 0.479 e. The van der Waals surface area contributed by atoms with Crippen LogP contribution in [0, 0.1) is 0 Å². The van der Waals surface area contributed by atoms with Crippen LogP contribution in [0.15, 0.2) is 102 Å². The maximum atomic E-state index is 12.6. The van der Waals surface area contributed by atoms with E-state index >= 15 is 0 Å². The number of carbonyl (C=O) groups is 1. The van der Waals surface area contributed by atoms with E-state index in [-0.39, 0.29) is 11.5 Å². The first-order chi connectivity index (χ1) is 17.5. The molecule has 0 unspecified atom stereocenters. The number of nitrogens with zero attached hydrogens (tertiary/aromatic N) is 2. The predicted molar refractivity (Wildman–Crippen MR) is 139 cm³/mol. The summed E-state index contributed by atoms with van der Waals surface area (Å²) < 4.78 is 7.02. The summed E-state index contributed by atoms with van der Waals surface area (Å²) in [5.41, 5.74) is 4.04. The van der Waals surface area contributed by atoms with E-state index in [1.807, 2.05) is 60.7 Å². The summed E-state index contributed by atoms with van der Waals surface area (Å²) in [5.74, 6) is -0.515. The summed E-state index contributed by atoms with van der Waals surface area (Å²) in [4.78, 5) is 23.6. The van der Waals surface area contributed by atoms with Gasteiger partial charge in [-0.3, -0.25) is 4.79 Å². The summed E-state index contributed by atoms with van der Waals surface area (Å²) in [6.07, 6.45) is 1.54. The fourth-order valence-corrected chi connectivity index (χ4v) is 4.22. The number of aliphatic carboxylic acids is 1. The Kier molecular flexibility index (Phi) is 8.29. The number of aryl methyl sites for hydroxylation is 2. The third-order valence-corrected chi connectivity index (χ3v) is 6.09. The van der Waals surface area contributed by atoms with E-state index in [9.17, 15) is 9.59 Å². The number of ether oxygens (including phenoxy) is 1. The first kappa shape index (κ1) is 24.9. The van der Waals surface area contributed by atoms with Gasteiger partial charge in [0.2, 0.25) is 0 Å². The van der Waals surface area contributed by atoms with Gasteiger partial charge < -0.3 is 9.84 Å². The Hall–Kier alpha value is -4.19. The molecule has 184 valence electrons. The molecule has 6 heteroatoms. The SMILES string of the molecule is C[C@H](Oc1cccc(CCCCn2nc(C(c3ccccc3)c3ccccc3)ccc2=O)c1)C(=O)O. The number of aromatic nitrogens is 2. The molecular weight excluding hydrogens is 452 g/mol. The van der Waals surface area contributed by atoms with Gasteiger partial charge in [0.1, 0.15) is 5.75 Å². The summed E-state index contributed by atoms with van der Waals surface area (Å²) in [7, 11) is 0. The number of benzene rings is 3. The number of carboxylic acids is 1. The van der Waals surface area contributed by atoms with E-state index in [0.717, 1.165) is 41.6 Å². The molecule has 1 atom stereocenters. The molecule has 0 aliphatic rings. The molecule has 0 bridgehead atoms. The fourth-order valence-electron chi connectivity index (χ4n) is 4.22. The van der Waals surface area contributed by atoms with Crippen molar-refractivity contribution >= 4 is 5.97 Å². The average molecular weight is 483 g/mol. The third kappa shape index (κ3) is 6.48. The standard InChI is InChI=1S/C30H30N2O4/c1-22(30(34)35)36-26-17-10-12-23(21-26)11-8-9-20-32-28(33)19-18-27(31-32)29(24-13-4-2-5-14-24)25-15-6-3-7-16-25/h2-7,10,12-19,21-22,29H,8-9,11,20H2,1H3,(H,34,35)/t22-/m0/s1. The molecule has 0 amide bonds. The van der Waals surface area contributed by atoms with Crippen LogP contribution in [0.4, 0.5) is 0 Å². The highest BCUT2D eigenvalue weighted by Crippen LogP contribution is 2.30. The molecule has 0 aliphatic heterocycles. The van der Waals surface area contributed by atoms with Gasteiger partial charge in [0.15, 0.2) is 6.10 Å². The zero-order valence-electron chi connectivity index (χ0n) is 20.3. The second-order valence-corrected chi connectivity index (χ2v) is 8.78. The maximum Gasteiger partial charge on any atom is 0.344 e. The van der Waals surface area contributed by atoms with Gasteiger partial charge in [-0.2, -0.15) is 5.10 Å². The number of carboxylic acid groups (broad SMARTS) is 1. The van der Waals surface area contributed by atoms with E-state index in [0.29, 0.717) is 12.3 Å². The van der Waals surface area contributed by atoms with Gasteiger partial charge in [0.25, 0.3) is 5.56 Å². The van der Waals surface area contributed by atoms with Crippen LogP contribution in [-0.4, -0.2) is 27.0 Å². The van der Waals surface area contributed by atoms with E-state index in [1.54, 1.807) is 16.8 Å². The van der Waals surface area contributed by atoms with Gasteiger partial charge in [-0.15, -0.1) is 0 Å². The van der Waals surface area contributed by atoms with Crippen LogP contribution in [0.2, 0.25) is 0 Å². The zero-order chi connectivity index (χ0) is 25.3. The van der Waals surface area contributed by atoms with Crippen LogP contribution < -0.4 is 10.3 Å². The number of unbranched alkanes of at least 4 members (excludes halogenated alkanes) is 1. The molecule has 4 aromatic rings. The monoisotopic (exact) mass is 482 g/mol. The van der Waals surface area contributed by atoms with E-state index in [2.05, 4.69) is 24.3 Å².